The van der Waals surface area contributed by atoms with Crippen molar-refractivity contribution >= 4 is 28.5 Å². The lowest BCUT2D eigenvalue weighted by atomic mass is 10.1. The van der Waals surface area contributed by atoms with Crippen molar-refractivity contribution in [2.24, 2.45) is 0 Å². The number of rotatable bonds is 3. The number of aryl methyl sites for hydroxylation is 1. The van der Waals surface area contributed by atoms with Gasteiger partial charge in [-0.3, -0.25) is 4.79 Å². The van der Waals surface area contributed by atoms with Crippen molar-refractivity contribution < 1.29 is 19.1 Å². The number of aromatic amines is 1. The standard InChI is InChI=1S/C19H17N3O5/c1-11-7-8-12-14(20-10-21-17(12)23)15(11)22-9-5-4-6-13(18(24)26-2)16(22)19(25)27-3/h4-10H,1-3H3,(H,20,21,23). The molecule has 0 saturated heterocycles. The van der Waals surface area contributed by atoms with Gasteiger partial charge in [0.15, 0.2) is 0 Å². The van der Waals surface area contributed by atoms with Crippen LogP contribution in [-0.2, 0) is 19.1 Å². The second-order valence-electron chi connectivity index (χ2n) is 5.67. The van der Waals surface area contributed by atoms with Crippen molar-refractivity contribution in [1.29, 1.82) is 0 Å². The molecule has 0 bridgehead atoms. The highest BCUT2D eigenvalue weighted by Gasteiger charge is 2.29. The summed E-state index contributed by atoms with van der Waals surface area (Å²) in [5.41, 5.74) is 1.30. The predicted octanol–water partition coefficient (Wildman–Crippen LogP) is 1.72. The smallest absolute Gasteiger partial charge is 0.355 e. The molecule has 1 aliphatic heterocycles. The van der Waals surface area contributed by atoms with Gasteiger partial charge in [-0.25, -0.2) is 14.6 Å². The molecule has 1 aliphatic rings. The van der Waals surface area contributed by atoms with Crippen LogP contribution in [0, 0.1) is 6.92 Å². The number of methoxy groups -OCH3 is 2. The van der Waals surface area contributed by atoms with Crippen LogP contribution in [0.2, 0.25) is 0 Å². The maximum absolute atomic E-state index is 12.6. The van der Waals surface area contributed by atoms with Gasteiger partial charge in [-0.1, -0.05) is 12.1 Å². The molecule has 0 radical (unpaired) electrons. The summed E-state index contributed by atoms with van der Waals surface area (Å²) in [6, 6.07) is 3.40. The zero-order valence-electron chi connectivity index (χ0n) is 15.0. The minimum Gasteiger partial charge on any atom is -0.465 e. The molecule has 3 rings (SSSR count). The van der Waals surface area contributed by atoms with Crippen LogP contribution in [0.15, 0.2) is 59.0 Å². The van der Waals surface area contributed by atoms with Crippen molar-refractivity contribution in [1.82, 2.24) is 9.97 Å². The molecule has 0 saturated carbocycles. The molecule has 0 unspecified atom stereocenters. The van der Waals surface area contributed by atoms with Gasteiger partial charge in [0.25, 0.3) is 5.56 Å². The van der Waals surface area contributed by atoms with Crippen molar-refractivity contribution in [3.63, 3.8) is 0 Å². The third kappa shape index (κ3) is 3.12. The Hall–Kier alpha value is -3.68. The summed E-state index contributed by atoms with van der Waals surface area (Å²) in [5.74, 6) is -1.42. The fraction of sp³-hybridized carbons (Fsp3) is 0.158. The minimum atomic E-state index is -0.729. The van der Waals surface area contributed by atoms with E-state index in [1.54, 1.807) is 30.5 Å². The van der Waals surface area contributed by atoms with Crippen molar-refractivity contribution in [3.05, 3.63) is 70.1 Å². The van der Waals surface area contributed by atoms with Crippen LogP contribution >= 0.6 is 0 Å². The van der Waals surface area contributed by atoms with E-state index in [1.807, 2.05) is 6.92 Å². The molecule has 0 aliphatic carbocycles. The monoisotopic (exact) mass is 367 g/mol. The molecule has 0 spiro atoms. The molecule has 0 fully saturated rings. The number of esters is 2. The maximum Gasteiger partial charge on any atom is 0.355 e. The summed E-state index contributed by atoms with van der Waals surface area (Å²) in [6.07, 6.45) is 7.62. The summed E-state index contributed by atoms with van der Waals surface area (Å²) in [7, 11) is 2.45. The minimum absolute atomic E-state index is 0.0237. The Morgan fingerprint density at radius 2 is 1.85 bits per heavy atom. The summed E-state index contributed by atoms with van der Waals surface area (Å²) >= 11 is 0. The summed E-state index contributed by atoms with van der Waals surface area (Å²) in [4.78, 5) is 45.3. The van der Waals surface area contributed by atoms with Gasteiger partial charge in [0.2, 0.25) is 0 Å². The Kier molecular flexibility index (Phi) is 4.89. The number of fused-ring (bicyclic) bond motifs is 1. The number of hydrogen-bond acceptors (Lipinski definition) is 7. The third-order valence-corrected chi connectivity index (χ3v) is 4.12. The number of benzene rings is 1. The third-order valence-electron chi connectivity index (χ3n) is 4.12. The molecular formula is C19H17N3O5. The molecule has 1 N–H and O–H groups in total. The Morgan fingerprint density at radius 3 is 2.56 bits per heavy atom. The lowest BCUT2D eigenvalue weighted by Crippen LogP contribution is -2.28. The van der Waals surface area contributed by atoms with Crippen LogP contribution in [0.4, 0.5) is 5.69 Å². The van der Waals surface area contributed by atoms with E-state index in [4.69, 9.17) is 9.47 Å². The van der Waals surface area contributed by atoms with Gasteiger partial charge in [-0.15, -0.1) is 0 Å². The molecule has 2 aromatic rings. The zero-order chi connectivity index (χ0) is 19.6. The van der Waals surface area contributed by atoms with E-state index in [2.05, 4.69) is 9.97 Å². The largest absolute Gasteiger partial charge is 0.465 e. The Bertz CT molecular complexity index is 1080. The van der Waals surface area contributed by atoms with Crippen molar-refractivity contribution in [2.45, 2.75) is 6.92 Å². The highest BCUT2D eigenvalue weighted by molar-refractivity contribution is 6.07. The second-order valence-corrected chi connectivity index (χ2v) is 5.67. The fourth-order valence-electron chi connectivity index (χ4n) is 2.87. The maximum atomic E-state index is 12.6. The quantitative estimate of drug-likeness (QED) is 0.824. The number of carbonyl (C=O) groups excluding carboxylic acids is 2. The van der Waals surface area contributed by atoms with Gasteiger partial charge >= 0.3 is 11.9 Å². The summed E-state index contributed by atoms with van der Waals surface area (Å²) in [6.45, 7) is 1.82. The second kappa shape index (κ2) is 7.28. The van der Waals surface area contributed by atoms with E-state index >= 15 is 0 Å². The van der Waals surface area contributed by atoms with Crippen molar-refractivity contribution in [2.75, 3.05) is 19.1 Å². The predicted molar refractivity (Wildman–Crippen MR) is 98.9 cm³/mol. The van der Waals surface area contributed by atoms with Crippen LogP contribution in [0.5, 0.6) is 0 Å². The van der Waals surface area contributed by atoms with Crippen LogP contribution in [0.1, 0.15) is 5.56 Å². The van der Waals surface area contributed by atoms with Gasteiger partial charge in [-0.2, -0.15) is 0 Å². The van der Waals surface area contributed by atoms with Gasteiger partial charge < -0.3 is 19.4 Å². The number of anilines is 1. The lowest BCUT2D eigenvalue weighted by Gasteiger charge is -2.25. The van der Waals surface area contributed by atoms with E-state index < -0.39 is 11.9 Å². The molecular weight excluding hydrogens is 350 g/mol. The molecule has 0 amide bonds. The highest BCUT2D eigenvalue weighted by Crippen LogP contribution is 2.33. The summed E-state index contributed by atoms with van der Waals surface area (Å²) < 4.78 is 9.71. The Balaban J connectivity index is 2.38. The molecule has 138 valence electrons. The van der Waals surface area contributed by atoms with Crippen LogP contribution in [0.25, 0.3) is 10.9 Å². The number of carbonyl (C=O) groups is 2. The number of allylic oxidation sites excluding steroid dienone is 2. The van der Waals surface area contributed by atoms with E-state index in [1.165, 1.54) is 31.5 Å². The van der Waals surface area contributed by atoms with Gasteiger partial charge in [-0.05, 0) is 30.7 Å². The first-order valence-corrected chi connectivity index (χ1v) is 8.01. The lowest BCUT2D eigenvalue weighted by molar-refractivity contribution is -0.139. The van der Waals surface area contributed by atoms with Gasteiger partial charge in [0, 0.05) is 6.20 Å². The number of nitrogens with one attached hydrogen (secondary N) is 1. The van der Waals surface area contributed by atoms with E-state index in [9.17, 15) is 14.4 Å². The molecule has 8 nitrogen and oxygen atoms in total. The Morgan fingerprint density at radius 1 is 1.11 bits per heavy atom. The normalized spacial score (nSPS) is 13.7. The number of H-pyrrole nitrogens is 1. The number of hydrogen-bond donors (Lipinski definition) is 1. The van der Waals surface area contributed by atoms with E-state index in [0.29, 0.717) is 16.6 Å². The first-order chi connectivity index (χ1) is 13.0. The van der Waals surface area contributed by atoms with E-state index in [0.717, 1.165) is 5.56 Å². The molecule has 0 atom stereocenters. The van der Waals surface area contributed by atoms with Gasteiger partial charge in [0.05, 0.1) is 37.2 Å². The Labute approximate surface area is 154 Å². The number of aromatic nitrogens is 2. The van der Waals surface area contributed by atoms with Gasteiger partial charge in [0.1, 0.15) is 11.2 Å². The summed E-state index contributed by atoms with van der Waals surface area (Å²) in [5, 5.41) is 0.354. The molecule has 2 heterocycles. The molecule has 8 heteroatoms. The first kappa shape index (κ1) is 18.1. The van der Waals surface area contributed by atoms with Crippen molar-refractivity contribution in [3.8, 4) is 0 Å². The van der Waals surface area contributed by atoms with Crippen LogP contribution in [-0.4, -0.2) is 36.1 Å². The highest BCUT2D eigenvalue weighted by atomic mass is 16.5. The average molecular weight is 367 g/mol. The molecule has 27 heavy (non-hydrogen) atoms. The fourth-order valence-corrected chi connectivity index (χ4v) is 2.87. The first-order valence-electron chi connectivity index (χ1n) is 8.01. The zero-order valence-corrected chi connectivity index (χ0v) is 15.0. The van der Waals surface area contributed by atoms with E-state index in [-0.39, 0.29) is 16.8 Å². The number of nitrogens with zero attached hydrogens (tertiary/aromatic N) is 2. The SMILES string of the molecule is COC(=O)C1=C(C(=O)OC)N(c2c(C)ccc3c(=O)[nH]cnc23)C=CC=C1. The van der Waals surface area contributed by atoms with Crippen LogP contribution in [0.3, 0.4) is 0 Å². The molecule has 1 aromatic heterocycles. The topological polar surface area (TPSA) is 102 Å². The average Bonchev–Trinajstić information content (AvgIpc) is 2.89. The van der Waals surface area contributed by atoms with Crippen LogP contribution < -0.4 is 10.5 Å². The molecule has 1 aromatic carbocycles. The number of ether oxygens (including phenoxy) is 2.